The Morgan fingerprint density at radius 1 is 1.35 bits per heavy atom. The highest BCUT2D eigenvalue weighted by Crippen LogP contribution is 2.21. The molecule has 1 heterocycles. The van der Waals surface area contributed by atoms with Crippen LogP contribution in [-0.4, -0.2) is 20.5 Å². The van der Waals surface area contributed by atoms with Gasteiger partial charge in [-0.15, -0.1) is 16.8 Å². The Morgan fingerprint density at radius 2 is 2.06 bits per heavy atom. The molecule has 1 aromatic carbocycles. The molecule has 0 N–H and O–H groups in total. The second-order valence-electron chi connectivity index (χ2n) is 3.44. The predicted molar refractivity (Wildman–Crippen MR) is 67.0 cm³/mol. The Bertz CT molecular complexity index is 519. The van der Waals surface area contributed by atoms with Crippen LogP contribution in [0.15, 0.2) is 42.1 Å². The van der Waals surface area contributed by atoms with Crippen LogP contribution >= 0.6 is 11.8 Å². The minimum atomic E-state index is -0.250. The summed E-state index contributed by atoms with van der Waals surface area (Å²) in [5.41, 5.74) is 0.862. The van der Waals surface area contributed by atoms with E-state index in [4.69, 9.17) is 0 Å². The van der Waals surface area contributed by atoms with Gasteiger partial charge in [-0.05, 0) is 31.2 Å². The van der Waals surface area contributed by atoms with Crippen molar-refractivity contribution in [3.05, 3.63) is 48.6 Å². The molecular formula is C12H12FN3S. The smallest absolute Gasteiger partial charge is 0.196 e. The van der Waals surface area contributed by atoms with E-state index in [0.29, 0.717) is 0 Å². The molecule has 0 amide bonds. The van der Waals surface area contributed by atoms with Crippen molar-refractivity contribution in [3.8, 4) is 5.69 Å². The Labute approximate surface area is 103 Å². The van der Waals surface area contributed by atoms with Gasteiger partial charge in [0.1, 0.15) is 11.6 Å². The van der Waals surface area contributed by atoms with Crippen LogP contribution in [0.2, 0.25) is 0 Å². The minimum absolute atomic E-state index is 0.250. The molecule has 0 aliphatic carbocycles. The Balaban J connectivity index is 2.39. The molecule has 0 saturated carbocycles. The van der Waals surface area contributed by atoms with E-state index < -0.39 is 0 Å². The topological polar surface area (TPSA) is 30.7 Å². The quantitative estimate of drug-likeness (QED) is 0.616. The fourth-order valence-corrected chi connectivity index (χ4v) is 2.19. The molecule has 88 valence electrons. The van der Waals surface area contributed by atoms with E-state index in [9.17, 15) is 4.39 Å². The Hall–Kier alpha value is -1.62. The fraction of sp³-hybridized carbons (Fsp3) is 0.167. The molecule has 1 aromatic heterocycles. The van der Waals surface area contributed by atoms with Crippen LogP contribution in [0.4, 0.5) is 4.39 Å². The summed E-state index contributed by atoms with van der Waals surface area (Å²) in [5.74, 6) is 1.29. The van der Waals surface area contributed by atoms with Crippen LogP contribution < -0.4 is 0 Å². The zero-order valence-electron chi connectivity index (χ0n) is 9.43. The zero-order chi connectivity index (χ0) is 12.3. The lowest BCUT2D eigenvalue weighted by molar-refractivity contribution is 0.627. The molecular weight excluding hydrogens is 237 g/mol. The van der Waals surface area contributed by atoms with Gasteiger partial charge in [0, 0.05) is 11.4 Å². The van der Waals surface area contributed by atoms with Gasteiger partial charge in [-0.2, -0.15) is 0 Å². The Kier molecular flexibility index (Phi) is 3.58. The van der Waals surface area contributed by atoms with Crippen LogP contribution in [0, 0.1) is 12.7 Å². The molecule has 2 rings (SSSR count). The molecule has 17 heavy (non-hydrogen) atoms. The number of nitrogens with zero attached hydrogens (tertiary/aromatic N) is 3. The summed E-state index contributed by atoms with van der Waals surface area (Å²) in [6.45, 7) is 5.54. The van der Waals surface area contributed by atoms with E-state index in [-0.39, 0.29) is 5.82 Å². The van der Waals surface area contributed by atoms with Crippen molar-refractivity contribution in [2.75, 3.05) is 5.75 Å². The third kappa shape index (κ3) is 2.55. The van der Waals surface area contributed by atoms with Crippen molar-refractivity contribution >= 4 is 11.8 Å². The van der Waals surface area contributed by atoms with Crippen molar-refractivity contribution in [2.24, 2.45) is 0 Å². The largest absolute Gasteiger partial charge is 0.274 e. The number of rotatable bonds is 4. The minimum Gasteiger partial charge on any atom is -0.274 e. The normalized spacial score (nSPS) is 10.5. The van der Waals surface area contributed by atoms with Crippen LogP contribution in [0.25, 0.3) is 5.69 Å². The van der Waals surface area contributed by atoms with Gasteiger partial charge in [-0.25, -0.2) is 4.39 Å². The standard InChI is InChI=1S/C12H12FN3S/c1-3-8-17-12-15-14-9(2)16(12)11-6-4-10(13)5-7-11/h3-7H,1,8H2,2H3. The zero-order valence-corrected chi connectivity index (χ0v) is 10.2. The first-order valence-electron chi connectivity index (χ1n) is 5.14. The van der Waals surface area contributed by atoms with E-state index >= 15 is 0 Å². The van der Waals surface area contributed by atoms with E-state index in [0.717, 1.165) is 22.4 Å². The molecule has 0 spiro atoms. The van der Waals surface area contributed by atoms with E-state index in [1.165, 1.54) is 12.1 Å². The predicted octanol–water partition coefficient (Wildman–Crippen LogP) is 2.99. The van der Waals surface area contributed by atoms with Crippen molar-refractivity contribution in [1.82, 2.24) is 14.8 Å². The molecule has 0 atom stereocenters. The Morgan fingerprint density at radius 3 is 2.71 bits per heavy atom. The average molecular weight is 249 g/mol. The SMILES string of the molecule is C=CCSc1nnc(C)n1-c1ccc(F)cc1. The third-order valence-electron chi connectivity index (χ3n) is 2.21. The van der Waals surface area contributed by atoms with Gasteiger partial charge in [-0.1, -0.05) is 17.8 Å². The maximum Gasteiger partial charge on any atom is 0.196 e. The number of aromatic nitrogens is 3. The van der Waals surface area contributed by atoms with Gasteiger partial charge in [0.25, 0.3) is 0 Å². The molecule has 0 unspecified atom stereocenters. The molecule has 0 aliphatic rings. The first kappa shape index (κ1) is 11.9. The van der Waals surface area contributed by atoms with E-state index in [1.54, 1.807) is 23.9 Å². The number of aryl methyl sites for hydroxylation is 1. The van der Waals surface area contributed by atoms with Crippen LogP contribution in [-0.2, 0) is 0 Å². The molecule has 0 fully saturated rings. The number of hydrogen-bond acceptors (Lipinski definition) is 3. The summed E-state index contributed by atoms with van der Waals surface area (Å²) in [5, 5.41) is 8.90. The van der Waals surface area contributed by atoms with Gasteiger partial charge in [0.05, 0.1) is 0 Å². The van der Waals surface area contributed by atoms with Crippen molar-refractivity contribution in [1.29, 1.82) is 0 Å². The molecule has 0 saturated heterocycles. The monoisotopic (exact) mass is 249 g/mol. The fourth-order valence-electron chi connectivity index (χ4n) is 1.46. The second kappa shape index (κ2) is 5.14. The first-order valence-corrected chi connectivity index (χ1v) is 6.12. The van der Waals surface area contributed by atoms with Gasteiger partial charge in [0.2, 0.25) is 0 Å². The lowest BCUT2D eigenvalue weighted by Crippen LogP contribution is -1.99. The highest BCUT2D eigenvalue weighted by molar-refractivity contribution is 7.99. The average Bonchev–Trinajstić information content (AvgIpc) is 2.69. The molecule has 3 nitrogen and oxygen atoms in total. The summed E-state index contributed by atoms with van der Waals surface area (Å²) in [7, 11) is 0. The van der Waals surface area contributed by atoms with Crippen LogP contribution in [0.1, 0.15) is 5.82 Å². The first-order chi connectivity index (χ1) is 8.22. The molecule has 2 aromatic rings. The van der Waals surface area contributed by atoms with Gasteiger partial charge in [0.15, 0.2) is 5.16 Å². The van der Waals surface area contributed by atoms with Crippen LogP contribution in [0.5, 0.6) is 0 Å². The third-order valence-corrected chi connectivity index (χ3v) is 3.14. The maximum absolute atomic E-state index is 12.9. The lowest BCUT2D eigenvalue weighted by Gasteiger charge is -2.07. The highest BCUT2D eigenvalue weighted by atomic mass is 32.2. The van der Waals surface area contributed by atoms with Gasteiger partial charge < -0.3 is 0 Å². The molecule has 0 radical (unpaired) electrons. The number of benzene rings is 1. The van der Waals surface area contributed by atoms with Crippen LogP contribution in [0.3, 0.4) is 0 Å². The molecule has 5 heteroatoms. The van der Waals surface area contributed by atoms with E-state index in [2.05, 4.69) is 16.8 Å². The molecule has 0 bridgehead atoms. The summed E-state index contributed by atoms with van der Waals surface area (Å²) in [4.78, 5) is 0. The summed E-state index contributed by atoms with van der Waals surface area (Å²) in [6, 6.07) is 6.28. The number of hydrogen-bond donors (Lipinski definition) is 0. The lowest BCUT2D eigenvalue weighted by atomic mass is 10.3. The van der Waals surface area contributed by atoms with Gasteiger partial charge in [-0.3, -0.25) is 4.57 Å². The van der Waals surface area contributed by atoms with Crippen molar-refractivity contribution in [3.63, 3.8) is 0 Å². The highest BCUT2D eigenvalue weighted by Gasteiger charge is 2.10. The van der Waals surface area contributed by atoms with Gasteiger partial charge >= 0.3 is 0 Å². The summed E-state index contributed by atoms with van der Waals surface area (Å²) in [6.07, 6.45) is 1.81. The summed E-state index contributed by atoms with van der Waals surface area (Å²) < 4.78 is 14.8. The van der Waals surface area contributed by atoms with Crippen molar-refractivity contribution in [2.45, 2.75) is 12.1 Å². The number of halogens is 1. The van der Waals surface area contributed by atoms with Crippen molar-refractivity contribution < 1.29 is 4.39 Å². The maximum atomic E-state index is 12.9. The van der Waals surface area contributed by atoms with E-state index in [1.807, 2.05) is 17.6 Å². The molecule has 0 aliphatic heterocycles. The summed E-state index contributed by atoms with van der Waals surface area (Å²) >= 11 is 1.54. The second-order valence-corrected chi connectivity index (χ2v) is 4.43. The number of thioether (sulfide) groups is 1.